The predicted octanol–water partition coefficient (Wildman–Crippen LogP) is 1.60. The summed E-state index contributed by atoms with van der Waals surface area (Å²) in [6, 6.07) is 15.2. The zero-order chi connectivity index (χ0) is 21.2. The van der Waals surface area contributed by atoms with Crippen molar-refractivity contribution in [1.29, 1.82) is 0 Å². The third kappa shape index (κ3) is 4.28. The van der Waals surface area contributed by atoms with Crippen LogP contribution < -0.4 is 21.3 Å². The Labute approximate surface area is 180 Å². The van der Waals surface area contributed by atoms with Crippen molar-refractivity contribution >= 4 is 34.9 Å². The van der Waals surface area contributed by atoms with Gasteiger partial charge in [-0.15, -0.1) is 0 Å². The second-order valence-corrected chi connectivity index (χ2v) is 7.90. The molecule has 158 valence electrons. The van der Waals surface area contributed by atoms with Crippen molar-refractivity contribution < 1.29 is 9.59 Å². The lowest BCUT2D eigenvalue weighted by Gasteiger charge is -2.08. The van der Waals surface area contributed by atoms with Gasteiger partial charge in [-0.2, -0.15) is 0 Å². The van der Waals surface area contributed by atoms with Gasteiger partial charge in [-0.25, -0.2) is 0 Å². The van der Waals surface area contributed by atoms with Gasteiger partial charge in [-0.05, 0) is 55.0 Å². The molecule has 2 amide bonds. The van der Waals surface area contributed by atoms with Crippen LogP contribution in [0.2, 0.25) is 0 Å². The SMILES string of the molecule is O=C(Nc1ccc(C2=NCCN2)cc1)[C@H]1C[C@@H]1C(=O)Nc1ccc(C2=NCCN2)cc1. The summed E-state index contributed by atoms with van der Waals surface area (Å²) in [5.41, 5.74) is 3.44. The number of amidine groups is 2. The van der Waals surface area contributed by atoms with Gasteiger partial charge in [0.15, 0.2) is 0 Å². The second kappa shape index (κ2) is 8.22. The lowest BCUT2D eigenvalue weighted by molar-refractivity contribution is -0.122. The third-order valence-corrected chi connectivity index (χ3v) is 5.66. The highest BCUT2D eigenvalue weighted by Gasteiger charge is 2.48. The van der Waals surface area contributed by atoms with Crippen LogP contribution in [-0.4, -0.2) is 49.7 Å². The van der Waals surface area contributed by atoms with E-state index >= 15 is 0 Å². The van der Waals surface area contributed by atoms with E-state index < -0.39 is 0 Å². The minimum absolute atomic E-state index is 0.120. The van der Waals surface area contributed by atoms with E-state index in [1.54, 1.807) is 0 Å². The van der Waals surface area contributed by atoms with Crippen LogP contribution in [0.15, 0.2) is 58.5 Å². The summed E-state index contributed by atoms with van der Waals surface area (Å²) in [6.45, 7) is 3.29. The second-order valence-electron chi connectivity index (χ2n) is 7.90. The Kier molecular flexibility index (Phi) is 5.11. The van der Waals surface area contributed by atoms with Crippen LogP contribution in [0.3, 0.4) is 0 Å². The number of carbonyl (C=O) groups is 2. The number of hydrogen-bond donors (Lipinski definition) is 4. The summed E-state index contributed by atoms with van der Waals surface area (Å²) >= 11 is 0. The first-order chi connectivity index (χ1) is 15.2. The van der Waals surface area contributed by atoms with Crippen molar-refractivity contribution in [2.24, 2.45) is 21.8 Å². The third-order valence-electron chi connectivity index (χ3n) is 5.66. The van der Waals surface area contributed by atoms with Crippen LogP contribution in [0.1, 0.15) is 17.5 Å². The van der Waals surface area contributed by atoms with Gasteiger partial charge >= 0.3 is 0 Å². The van der Waals surface area contributed by atoms with Crippen molar-refractivity contribution in [3.8, 4) is 0 Å². The van der Waals surface area contributed by atoms with Crippen molar-refractivity contribution in [3.63, 3.8) is 0 Å². The van der Waals surface area contributed by atoms with Crippen molar-refractivity contribution in [3.05, 3.63) is 59.7 Å². The van der Waals surface area contributed by atoms with E-state index in [0.29, 0.717) is 6.42 Å². The quantitative estimate of drug-likeness (QED) is 0.574. The fourth-order valence-electron chi connectivity index (χ4n) is 3.85. The normalized spacial score (nSPS) is 21.4. The van der Waals surface area contributed by atoms with Gasteiger partial charge < -0.3 is 21.3 Å². The van der Waals surface area contributed by atoms with Gasteiger partial charge in [0.05, 0.1) is 24.9 Å². The van der Waals surface area contributed by atoms with Crippen molar-refractivity contribution in [2.75, 3.05) is 36.8 Å². The molecule has 1 aliphatic carbocycles. The minimum Gasteiger partial charge on any atom is -0.368 e. The topological polar surface area (TPSA) is 107 Å². The number of nitrogens with zero attached hydrogens (tertiary/aromatic N) is 2. The zero-order valence-electron chi connectivity index (χ0n) is 17.0. The Bertz CT molecular complexity index is 973. The maximum atomic E-state index is 12.5. The molecule has 2 aromatic carbocycles. The number of aliphatic imine (C=N–C) groups is 2. The summed E-state index contributed by atoms with van der Waals surface area (Å²) in [4.78, 5) is 33.8. The average molecular weight is 416 g/mol. The van der Waals surface area contributed by atoms with Crippen LogP contribution in [0, 0.1) is 11.8 Å². The molecule has 1 saturated carbocycles. The van der Waals surface area contributed by atoms with Gasteiger partial charge in [0, 0.05) is 35.6 Å². The lowest BCUT2D eigenvalue weighted by Crippen LogP contribution is -2.21. The number of rotatable bonds is 6. The summed E-state index contributed by atoms with van der Waals surface area (Å²) in [6.07, 6.45) is 0.565. The van der Waals surface area contributed by atoms with E-state index in [2.05, 4.69) is 31.3 Å². The Balaban J connectivity index is 1.13. The molecule has 0 radical (unpaired) electrons. The van der Waals surface area contributed by atoms with E-state index in [9.17, 15) is 9.59 Å². The fourth-order valence-corrected chi connectivity index (χ4v) is 3.85. The molecule has 8 nitrogen and oxygen atoms in total. The standard InChI is InChI=1S/C23H24N6O2/c30-22(28-16-5-1-14(2-6-16)20-24-9-10-25-20)18-13-19(18)23(31)29-17-7-3-15(4-8-17)21-26-11-12-27-21/h1-8,18-19H,9-13H2,(H,24,25)(H,26,27)(H,28,30)(H,29,31)/t18-,19-/m0/s1. The predicted molar refractivity (Wildman–Crippen MR) is 121 cm³/mol. The number of amides is 2. The first-order valence-electron chi connectivity index (χ1n) is 10.6. The maximum absolute atomic E-state index is 12.5. The highest BCUT2D eigenvalue weighted by atomic mass is 16.2. The molecule has 0 unspecified atom stereocenters. The number of nitrogens with one attached hydrogen (secondary N) is 4. The zero-order valence-corrected chi connectivity index (χ0v) is 17.0. The highest BCUT2D eigenvalue weighted by Crippen LogP contribution is 2.40. The number of hydrogen-bond acceptors (Lipinski definition) is 6. The molecule has 4 N–H and O–H groups in total. The van der Waals surface area contributed by atoms with Crippen LogP contribution in [0.4, 0.5) is 11.4 Å². The molecule has 2 aliphatic heterocycles. The lowest BCUT2D eigenvalue weighted by atomic mass is 10.1. The minimum atomic E-state index is -0.295. The van der Waals surface area contributed by atoms with Crippen LogP contribution >= 0.6 is 0 Å². The van der Waals surface area contributed by atoms with Crippen LogP contribution in [0.5, 0.6) is 0 Å². The molecule has 2 aromatic rings. The van der Waals surface area contributed by atoms with E-state index in [4.69, 9.17) is 0 Å². The maximum Gasteiger partial charge on any atom is 0.228 e. The highest BCUT2D eigenvalue weighted by molar-refractivity contribution is 6.04. The molecule has 1 fully saturated rings. The van der Waals surface area contributed by atoms with E-state index in [1.807, 2.05) is 48.5 Å². The summed E-state index contributed by atoms with van der Waals surface area (Å²) in [7, 11) is 0. The Morgan fingerprint density at radius 2 is 1.13 bits per heavy atom. The number of carbonyl (C=O) groups excluding carboxylic acids is 2. The summed E-state index contributed by atoms with van der Waals surface area (Å²) < 4.78 is 0. The molecule has 2 heterocycles. The Morgan fingerprint density at radius 1 is 0.710 bits per heavy atom. The molecule has 31 heavy (non-hydrogen) atoms. The van der Waals surface area contributed by atoms with E-state index in [0.717, 1.165) is 60.4 Å². The molecular weight excluding hydrogens is 392 g/mol. The largest absolute Gasteiger partial charge is 0.368 e. The van der Waals surface area contributed by atoms with Gasteiger partial charge in [0.2, 0.25) is 11.8 Å². The molecule has 0 saturated heterocycles. The summed E-state index contributed by atoms with van der Waals surface area (Å²) in [5, 5.41) is 12.3. The monoisotopic (exact) mass is 416 g/mol. The number of anilines is 2. The molecule has 0 bridgehead atoms. The molecule has 3 aliphatic rings. The molecule has 5 rings (SSSR count). The smallest absolute Gasteiger partial charge is 0.228 e. The first kappa shape index (κ1) is 19.3. The van der Waals surface area contributed by atoms with Gasteiger partial charge in [0.1, 0.15) is 11.7 Å². The fraction of sp³-hybridized carbons (Fsp3) is 0.304. The molecule has 8 heteroatoms. The Morgan fingerprint density at radius 3 is 1.48 bits per heavy atom. The molecular formula is C23H24N6O2. The van der Waals surface area contributed by atoms with E-state index in [-0.39, 0.29) is 23.7 Å². The van der Waals surface area contributed by atoms with Gasteiger partial charge in [-0.1, -0.05) is 0 Å². The average Bonchev–Trinajstić information content (AvgIpc) is 3.16. The van der Waals surface area contributed by atoms with Gasteiger partial charge in [-0.3, -0.25) is 19.6 Å². The van der Waals surface area contributed by atoms with Crippen molar-refractivity contribution in [2.45, 2.75) is 6.42 Å². The van der Waals surface area contributed by atoms with Crippen LogP contribution in [0.25, 0.3) is 0 Å². The first-order valence-corrected chi connectivity index (χ1v) is 10.6. The Hall–Kier alpha value is -3.68. The molecule has 0 aromatic heterocycles. The van der Waals surface area contributed by atoms with Crippen molar-refractivity contribution in [1.82, 2.24) is 10.6 Å². The van der Waals surface area contributed by atoms with E-state index in [1.165, 1.54) is 0 Å². The number of benzene rings is 2. The summed E-state index contributed by atoms with van der Waals surface area (Å²) in [5.74, 6) is 0.943. The molecule has 0 spiro atoms. The van der Waals surface area contributed by atoms with Crippen LogP contribution in [-0.2, 0) is 9.59 Å². The molecule has 2 atom stereocenters. The van der Waals surface area contributed by atoms with Gasteiger partial charge in [0.25, 0.3) is 0 Å².